The number of anilines is 2. The molecule has 0 saturated heterocycles. The van der Waals surface area contributed by atoms with Gasteiger partial charge >= 0.3 is 11.9 Å². The maximum absolute atomic E-state index is 14.1. The van der Waals surface area contributed by atoms with Gasteiger partial charge in [0.15, 0.2) is 5.57 Å². The van der Waals surface area contributed by atoms with Crippen molar-refractivity contribution < 1.29 is 33.3 Å². The molecule has 1 aliphatic rings. The van der Waals surface area contributed by atoms with Crippen molar-refractivity contribution in [1.82, 2.24) is 0 Å². The first-order valence-electron chi connectivity index (χ1n) is 12.1. The first-order valence-corrected chi connectivity index (χ1v) is 12.9. The third-order valence-corrected chi connectivity index (χ3v) is 6.77. The molecule has 206 valence electrons. The third kappa shape index (κ3) is 5.72. The second kappa shape index (κ2) is 12.5. The van der Waals surface area contributed by atoms with E-state index in [9.17, 15) is 14.4 Å². The molecule has 0 fully saturated rings. The Hall–Kier alpha value is -4.57. The van der Waals surface area contributed by atoms with Gasteiger partial charge in [0, 0.05) is 15.8 Å². The summed E-state index contributed by atoms with van der Waals surface area (Å²) >= 11 is 3.42. The summed E-state index contributed by atoms with van der Waals surface area (Å²) in [6, 6.07) is 21.3. The van der Waals surface area contributed by atoms with Crippen LogP contribution in [0.3, 0.4) is 0 Å². The van der Waals surface area contributed by atoms with Crippen LogP contribution < -0.4 is 19.3 Å². The van der Waals surface area contributed by atoms with Crippen LogP contribution in [0.15, 0.2) is 94.6 Å². The Bertz CT molecular complexity index is 1450. The molecule has 9 nitrogen and oxygen atoms in total. The molecule has 1 unspecified atom stereocenters. The van der Waals surface area contributed by atoms with Crippen LogP contribution in [0.2, 0.25) is 0 Å². The highest BCUT2D eigenvalue weighted by atomic mass is 79.9. The van der Waals surface area contributed by atoms with E-state index in [1.165, 1.54) is 12.0 Å². The number of ether oxygens (including phenoxy) is 4. The number of halogens is 1. The first-order chi connectivity index (χ1) is 19.3. The molecule has 1 amide bonds. The number of hydrogen-bond acceptors (Lipinski definition) is 8. The monoisotopic (exact) mass is 606 g/mol. The Morgan fingerprint density at radius 2 is 1.23 bits per heavy atom. The lowest BCUT2D eigenvalue weighted by atomic mass is 10.0. The van der Waals surface area contributed by atoms with Gasteiger partial charge in [0.25, 0.3) is 5.91 Å². The average molecular weight is 607 g/mol. The number of methoxy groups -OCH3 is 4. The Morgan fingerprint density at radius 1 is 0.725 bits per heavy atom. The highest BCUT2D eigenvalue weighted by Gasteiger charge is 2.46. The number of hydrogen-bond donors (Lipinski definition) is 0. The topological polar surface area (TPSA) is 94.6 Å². The fourth-order valence-corrected chi connectivity index (χ4v) is 4.54. The summed E-state index contributed by atoms with van der Waals surface area (Å²) in [4.78, 5) is 43.4. The third-order valence-electron chi connectivity index (χ3n) is 6.24. The minimum atomic E-state index is -0.969. The summed E-state index contributed by atoms with van der Waals surface area (Å²) in [6.45, 7) is 0. The molecule has 0 spiro atoms. The van der Waals surface area contributed by atoms with Crippen molar-refractivity contribution in [3.63, 3.8) is 0 Å². The summed E-state index contributed by atoms with van der Waals surface area (Å²) in [7, 11) is 5.46. The van der Waals surface area contributed by atoms with Crippen molar-refractivity contribution in [2.75, 3.05) is 38.2 Å². The van der Waals surface area contributed by atoms with Crippen molar-refractivity contribution in [2.45, 2.75) is 6.17 Å². The smallest absolute Gasteiger partial charge is 0.355 e. The lowest BCUT2D eigenvalue weighted by molar-refractivity contribution is -0.141. The number of esters is 2. The molecule has 3 aromatic rings. The highest BCUT2D eigenvalue weighted by Crippen LogP contribution is 2.37. The quantitative estimate of drug-likeness (QED) is 0.262. The Morgan fingerprint density at radius 3 is 1.75 bits per heavy atom. The maximum Gasteiger partial charge on any atom is 0.355 e. The molecule has 1 heterocycles. The van der Waals surface area contributed by atoms with Crippen LogP contribution in [0.4, 0.5) is 11.4 Å². The molecule has 40 heavy (non-hydrogen) atoms. The molecular formula is C30H27BrN2O7. The lowest BCUT2D eigenvalue weighted by Crippen LogP contribution is -2.57. The van der Waals surface area contributed by atoms with Crippen LogP contribution in [0.5, 0.6) is 11.5 Å². The predicted octanol–water partition coefficient (Wildman–Crippen LogP) is 4.96. The minimum absolute atomic E-state index is 0.248. The highest BCUT2D eigenvalue weighted by molar-refractivity contribution is 9.10. The summed E-state index contributed by atoms with van der Waals surface area (Å²) < 4.78 is 21.4. The van der Waals surface area contributed by atoms with Gasteiger partial charge in [-0.05, 0) is 72.3 Å². The van der Waals surface area contributed by atoms with Gasteiger partial charge in [-0.15, -0.1) is 0 Å². The van der Waals surface area contributed by atoms with E-state index >= 15 is 0 Å². The lowest BCUT2D eigenvalue weighted by Gasteiger charge is -2.44. The van der Waals surface area contributed by atoms with Crippen LogP contribution >= 0.6 is 15.9 Å². The number of amides is 1. The molecule has 0 aliphatic carbocycles. The van der Waals surface area contributed by atoms with Crippen LogP contribution in [0.25, 0.3) is 6.08 Å². The predicted molar refractivity (Wildman–Crippen MR) is 154 cm³/mol. The van der Waals surface area contributed by atoms with Crippen molar-refractivity contribution in [1.29, 1.82) is 0 Å². The molecule has 0 bridgehead atoms. The molecule has 0 N–H and O–H groups in total. The van der Waals surface area contributed by atoms with Crippen LogP contribution in [-0.4, -0.2) is 52.5 Å². The standard InChI is InChI=1S/C30H27BrN2O7/c1-37-23-14-5-19(6-15-23)7-18-25-32(21-12-16-24(38-2)17-13-21)27(30(36)40-4)26(29(35)39-3)28(34)33(25)22-10-8-20(31)9-11-22/h5-18,25H,1-4H3/b18-7+. The number of rotatable bonds is 8. The van der Waals surface area contributed by atoms with E-state index in [1.807, 2.05) is 30.3 Å². The Kier molecular flexibility index (Phi) is 8.90. The SMILES string of the molecule is COC(=O)C1=C(C(=O)OC)N(c2ccc(OC)cc2)C(/C=C/c2ccc(OC)cc2)N(c2ccc(Br)cc2)C1=O. The second-order valence-electron chi connectivity index (χ2n) is 8.47. The molecule has 3 aromatic carbocycles. The Balaban J connectivity index is 2.00. The van der Waals surface area contributed by atoms with Crippen LogP contribution in [0.1, 0.15) is 5.56 Å². The number of benzene rings is 3. The van der Waals surface area contributed by atoms with Crippen molar-refractivity contribution >= 4 is 51.2 Å². The van der Waals surface area contributed by atoms with Gasteiger partial charge in [-0.3, -0.25) is 9.69 Å². The number of carbonyl (C=O) groups is 3. The zero-order valence-electron chi connectivity index (χ0n) is 22.3. The number of carbonyl (C=O) groups excluding carboxylic acids is 3. The van der Waals surface area contributed by atoms with Gasteiger partial charge in [0.1, 0.15) is 23.4 Å². The second-order valence-corrected chi connectivity index (χ2v) is 9.39. The fourth-order valence-electron chi connectivity index (χ4n) is 4.27. The van der Waals surface area contributed by atoms with E-state index < -0.39 is 29.6 Å². The zero-order chi connectivity index (χ0) is 28.8. The molecule has 10 heteroatoms. The molecular weight excluding hydrogens is 580 g/mol. The Labute approximate surface area is 240 Å². The fraction of sp³-hybridized carbons (Fsp3) is 0.167. The molecule has 4 rings (SSSR count). The van der Waals surface area contributed by atoms with E-state index in [2.05, 4.69) is 15.9 Å². The average Bonchev–Trinajstić information content (AvgIpc) is 2.99. The normalized spacial score (nSPS) is 15.3. The summed E-state index contributed by atoms with van der Waals surface area (Å²) in [5.74, 6) is -1.28. The number of nitrogens with zero attached hydrogens (tertiary/aromatic N) is 2. The van der Waals surface area contributed by atoms with Crippen molar-refractivity contribution in [3.05, 3.63) is 100 Å². The summed E-state index contributed by atoms with van der Waals surface area (Å²) in [5.41, 5.74) is 1.11. The van der Waals surface area contributed by atoms with Crippen molar-refractivity contribution in [3.8, 4) is 11.5 Å². The van der Waals surface area contributed by atoms with Crippen LogP contribution in [-0.2, 0) is 23.9 Å². The first kappa shape index (κ1) is 28.4. The van der Waals surface area contributed by atoms with E-state index in [4.69, 9.17) is 18.9 Å². The van der Waals surface area contributed by atoms with Crippen LogP contribution in [0, 0.1) is 0 Å². The largest absolute Gasteiger partial charge is 0.497 e. The van der Waals surface area contributed by atoms with Crippen molar-refractivity contribution in [2.24, 2.45) is 0 Å². The molecule has 1 atom stereocenters. The van der Waals surface area contributed by atoms with E-state index in [1.54, 1.807) is 73.7 Å². The van der Waals surface area contributed by atoms with Gasteiger partial charge in [0.05, 0.1) is 28.4 Å². The molecule has 0 radical (unpaired) electrons. The maximum atomic E-state index is 14.1. The molecule has 0 saturated carbocycles. The van der Waals surface area contributed by atoms with Gasteiger partial charge < -0.3 is 23.8 Å². The summed E-state index contributed by atoms with van der Waals surface area (Å²) in [6.07, 6.45) is 2.69. The molecule has 1 aliphatic heterocycles. The summed E-state index contributed by atoms with van der Waals surface area (Å²) in [5, 5.41) is 0. The minimum Gasteiger partial charge on any atom is -0.497 e. The van der Waals surface area contributed by atoms with Gasteiger partial charge in [-0.1, -0.05) is 34.1 Å². The van der Waals surface area contributed by atoms with E-state index in [0.29, 0.717) is 22.9 Å². The van der Waals surface area contributed by atoms with Gasteiger partial charge in [-0.2, -0.15) is 0 Å². The van der Waals surface area contributed by atoms with E-state index in [0.717, 1.165) is 17.1 Å². The molecule has 0 aromatic heterocycles. The van der Waals surface area contributed by atoms with Gasteiger partial charge in [0.2, 0.25) is 0 Å². The van der Waals surface area contributed by atoms with Gasteiger partial charge in [-0.25, -0.2) is 9.59 Å². The van der Waals surface area contributed by atoms with E-state index in [-0.39, 0.29) is 5.70 Å². The zero-order valence-corrected chi connectivity index (χ0v) is 23.9.